The van der Waals surface area contributed by atoms with Crippen LogP contribution in [0.5, 0.6) is 5.75 Å². The highest BCUT2D eigenvalue weighted by molar-refractivity contribution is 5.77. The summed E-state index contributed by atoms with van der Waals surface area (Å²) in [6.07, 6.45) is 1.43. The van der Waals surface area contributed by atoms with E-state index in [0.29, 0.717) is 0 Å². The molecule has 172 valence electrons. The van der Waals surface area contributed by atoms with Gasteiger partial charge < -0.3 is 15.0 Å². The Bertz CT molecular complexity index is 972. The number of fused-ring (bicyclic) bond motifs is 1. The minimum Gasteiger partial charge on any atom is -0.484 e. The number of halogens is 3. The first kappa shape index (κ1) is 22.4. The number of ether oxygens (including phenoxy) is 1. The summed E-state index contributed by atoms with van der Waals surface area (Å²) in [4.78, 5) is 23.9. The Morgan fingerprint density at radius 3 is 2.69 bits per heavy atom. The first-order valence-corrected chi connectivity index (χ1v) is 11.0. The number of alkyl halides is 3. The molecule has 1 saturated heterocycles. The number of rotatable bonds is 5. The standard InChI is InChI=1S/C23H27F3N4O2/c1-15-27-20-8-3-2-7-19(20)22(28-15)30-11-9-17(10-12-30)29-21(31)14-32-18-6-4-5-16(13-18)23(24,25)26/h4-6,13,17H,2-3,7-12,14H2,1H3,(H,29,31). The maximum absolute atomic E-state index is 12.8. The molecule has 1 aliphatic heterocycles. The quantitative estimate of drug-likeness (QED) is 0.753. The summed E-state index contributed by atoms with van der Waals surface area (Å²) < 4.78 is 43.7. The van der Waals surface area contributed by atoms with Crippen LogP contribution in [-0.2, 0) is 23.8 Å². The number of nitrogens with zero attached hydrogens (tertiary/aromatic N) is 3. The number of carbonyl (C=O) groups excluding carboxylic acids is 1. The smallest absolute Gasteiger partial charge is 0.416 e. The lowest BCUT2D eigenvalue weighted by Crippen LogP contribution is -2.46. The van der Waals surface area contributed by atoms with Crippen LogP contribution in [0.3, 0.4) is 0 Å². The first-order chi connectivity index (χ1) is 15.3. The molecule has 2 heterocycles. The summed E-state index contributed by atoms with van der Waals surface area (Å²) in [7, 11) is 0. The second-order valence-corrected chi connectivity index (χ2v) is 8.37. The van der Waals surface area contributed by atoms with Crippen molar-refractivity contribution in [2.24, 2.45) is 0 Å². The van der Waals surface area contributed by atoms with Crippen LogP contribution in [0.2, 0.25) is 0 Å². The van der Waals surface area contributed by atoms with Gasteiger partial charge in [-0.3, -0.25) is 4.79 Å². The van der Waals surface area contributed by atoms with E-state index in [0.717, 1.165) is 69.0 Å². The predicted molar refractivity (Wildman–Crippen MR) is 114 cm³/mol. The zero-order valence-electron chi connectivity index (χ0n) is 18.0. The van der Waals surface area contributed by atoms with Crippen molar-refractivity contribution in [1.29, 1.82) is 0 Å². The van der Waals surface area contributed by atoms with Crippen molar-refractivity contribution in [2.75, 3.05) is 24.6 Å². The number of carbonyl (C=O) groups is 1. The Hall–Kier alpha value is -2.84. The zero-order valence-corrected chi connectivity index (χ0v) is 18.0. The molecule has 4 rings (SSSR count). The lowest BCUT2D eigenvalue weighted by Gasteiger charge is -2.35. The van der Waals surface area contributed by atoms with Gasteiger partial charge in [-0.15, -0.1) is 0 Å². The van der Waals surface area contributed by atoms with E-state index in [2.05, 4.69) is 15.2 Å². The van der Waals surface area contributed by atoms with Crippen molar-refractivity contribution in [3.05, 3.63) is 46.9 Å². The van der Waals surface area contributed by atoms with Gasteiger partial charge >= 0.3 is 6.18 Å². The van der Waals surface area contributed by atoms with Crippen LogP contribution in [0.1, 0.15) is 48.3 Å². The average molecular weight is 448 g/mol. The second-order valence-electron chi connectivity index (χ2n) is 8.37. The Balaban J connectivity index is 1.28. The van der Waals surface area contributed by atoms with Crippen LogP contribution in [0, 0.1) is 6.92 Å². The molecule has 2 aromatic rings. The number of piperidine rings is 1. The van der Waals surface area contributed by atoms with Crippen molar-refractivity contribution in [3.8, 4) is 5.75 Å². The summed E-state index contributed by atoms with van der Waals surface area (Å²) in [5.74, 6) is 1.51. The first-order valence-electron chi connectivity index (χ1n) is 11.0. The number of amides is 1. The summed E-state index contributed by atoms with van der Waals surface area (Å²) >= 11 is 0. The lowest BCUT2D eigenvalue weighted by molar-refractivity contribution is -0.137. The van der Waals surface area contributed by atoms with Crippen LogP contribution in [0.25, 0.3) is 0 Å². The van der Waals surface area contributed by atoms with Gasteiger partial charge in [0, 0.05) is 30.4 Å². The number of nitrogens with one attached hydrogen (secondary N) is 1. The monoisotopic (exact) mass is 448 g/mol. The number of hydrogen-bond donors (Lipinski definition) is 1. The molecule has 0 bridgehead atoms. The highest BCUT2D eigenvalue weighted by atomic mass is 19.4. The van der Waals surface area contributed by atoms with Crippen LogP contribution in [0.4, 0.5) is 19.0 Å². The summed E-state index contributed by atoms with van der Waals surface area (Å²) in [6, 6.07) is 4.54. The Labute approximate surface area is 185 Å². The van der Waals surface area contributed by atoms with Crippen LogP contribution in [-0.4, -0.2) is 41.6 Å². The van der Waals surface area contributed by atoms with E-state index in [9.17, 15) is 18.0 Å². The van der Waals surface area contributed by atoms with Crippen molar-refractivity contribution in [3.63, 3.8) is 0 Å². The number of hydrogen-bond acceptors (Lipinski definition) is 5. The molecule has 0 saturated carbocycles. The van der Waals surface area contributed by atoms with Crippen molar-refractivity contribution in [1.82, 2.24) is 15.3 Å². The minimum absolute atomic E-state index is 0.00243. The Kier molecular flexibility index (Phi) is 6.53. The van der Waals surface area contributed by atoms with Gasteiger partial charge in [0.25, 0.3) is 5.91 Å². The molecule has 2 aliphatic rings. The molecule has 6 nitrogen and oxygen atoms in total. The molecular formula is C23H27F3N4O2. The van der Waals surface area contributed by atoms with E-state index >= 15 is 0 Å². The van der Waals surface area contributed by atoms with Gasteiger partial charge in [0.2, 0.25) is 0 Å². The molecule has 1 aromatic heterocycles. The van der Waals surface area contributed by atoms with Gasteiger partial charge in [-0.25, -0.2) is 9.97 Å². The third kappa shape index (κ3) is 5.31. The molecule has 0 atom stereocenters. The fourth-order valence-corrected chi connectivity index (χ4v) is 4.37. The third-order valence-electron chi connectivity index (χ3n) is 5.96. The van der Waals surface area contributed by atoms with E-state index in [-0.39, 0.29) is 24.3 Å². The summed E-state index contributed by atoms with van der Waals surface area (Å²) in [6.45, 7) is 3.17. The van der Waals surface area contributed by atoms with E-state index in [1.807, 2.05) is 6.92 Å². The molecule has 1 fully saturated rings. The van der Waals surface area contributed by atoms with E-state index in [1.165, 1.54) is 29.8 Å². The Morgan fingerprint density at radius 1 is 1.19 bits per heavy atom. The van der Waals surface area contributed by atoms with Gasteiger partial charge in [-0.05, 0) is 63.6 Å². The molecule has 1 aliphatic carbocycles. The SMILES string of the molecule is Cc1nc2c(c(N3CCC(NC(=O)COc4cccc(C(F)(F)F)c4)CC3)n1)CCCC2. The molecular weight excluding hydrogens is 421 g/mol. The molecule has 0 unspecified atom stereocenters. The largest absolute Gasteiger partial charge is 0.484 e. The normalized spacial score (nSPS) is 17.1. The molecule has 1 amide bonds. The van der Waals surface area contributed by atoms with Gasteiger partial charge in [0.15, 0.2) is 6.61 Å². The highest BCUT2D eigenvalue weighted by Gasteiger charge is 2.31. The third-order valence-corrected chi connectivity index (χ3v) is 5.96. The molecule has 0 radical (unpaired) electrons. The van der Waals surface area contributed by atoms with Gasteiger partial charge in [-0.2, -0.15) is 13.2 Å². The Morgan fingerprint density at radius 2 is 1.94 bits per heavy atom. The number of aromatic nitrogens is 2. The van der Waals surface area contributed by atoms with Crippen molar-refractivity contribution in [2.45, 2.75) is 57.7 Å². The molecule has 9 heteroatoms. The summed E-state index contributed by atoms with van der Waals surface area (Å²) in [5, 5.41) is 2.93. The summed E-state index contributed by atoms with van der Waals surface area (Å²) in [5.41, 5.74) is 1.63. The van der Waals surface area contributed by atoms with Crippen LogP contribution in [0.15, 0.2) is 24.3 Å². The van der Waals surface area contributed by atoms with Gasteiger partial charge in [0.05, 0.1) is 5.56 Å². The zero-order chi connectivity index (χ0) is 22.7. The fourth-order valence-electron chi connectivity index (χ4n) is 4.37. The van der Waals surface area contributed by atoms with Gasteiger partial charge in [0.1, 0.15) is 17.4 Å². The minimum atomic E-state index is -4.45. The lowest BCUT2D eigenvalue weighted by atomic mass is 9.95. The highest BCUT2D eigenvalue weighted by Crippen LogP contribution is 2.31. The van der Waals surface area contributed by atoms with Crippen LogP contribution >= 0.6 is 0 Å². The van der Waals surface area contributed by atoms with Crippen molar-refractivity contribution < 1.29 is 22.7 Å². The fraction of sp³-hybridized carbons (Fsp3) is 0.522. The van der Waals surface area contributed by atoms with Crippen molar-refractivity contribution >= 4 is 11.7 Å². The van der Waals surface area contributed by atoms with E-state index in [4.69, 9.17) is 9.72 Å². The molecule has 1 N–H and O–H groups in total. The maximum Gasteiger partial charge on any atom is 0.416 e. The molecule has 1 aromatic carbocycles. The van der Waals surface area contributed by atoms with E-state index < -0.39 is 11.7 Å². The number of benzene rings is 1. The topological polar surface area (TPSA) is 67.4 Å². The number of anilines is 1. The van der Waals surface area contributed by atoms with Gasteiger partial charge in [-0.1, -0.05) is 6.07 Å². The second kappa shape index (κ2) is 9.34. The predicted octanol–water partition coefficient (Wildman–Crippen LogP) is 3.85. The molecule has 32 heavy (non-hydrogen) atoms. The molecule has 0 spiro atoms. The average Bonchev–Trinajstić information content (AvgIpc) is 2.77. The van der Waals surface area contributed by atoms with Crippen LogP contribution < -0.4 is 15.0 Å². The maximum atomic E-state index is 12.8. The number of aryl methyl sites for hydroxylation is 2. The van der Waals surface area contributed by atoms with E-state index in [1.54, 1.807) is 0 Å².